The van der Waals surface area contributed by atoms with Crippen LogP contribution in [0, 0.1) is 22.7 Å². The first-order valence-corrected chi connectivity index (χ1v) is 7.51. The molecule has 126 valence electrons. The molecule has 0 unspecified atom stereocenters. The van der Waals surface area contributed by atoms with Crippen LogP contribution in [-0.4, -0.2) is 10.2 Å². The Morgan fingerprint density at radius 3 is 1.27 bits per heavy atom. The van der Waals surface area contributed by atoms with Gasteiger partial charge in [-0.05, 0) is 48.5 Å². The second-order valence-electron chi connectivity index (χ2n) is 5.26. The monoisotopic (exact) mass is 344 g/mol. The Bertz CT molecular complexity index is 929. The number of hydrogen-bond donors (Lipinski definition) is 2. The van der Waals surface area contributed by atoms with E-state index in [4.69, 9.17) is 9.47 Å². The summed E-state index contributed by atoms with van der Waals surface area (Å²) in [6.07, 6.45) is 0. The molecule has 0 saturated heterocycles. The highest BCUT2D eigenvalue weighted by molar-refractivity contribution is 5.58. The molecule has 3 aromatic rings. The minimum absolute atomic E-state index is 0.0930. The topological polar surface area (TPSA) is 106 Å². The van der Waals surface area contributed by atoms with E-state index in [0.29, 0.717) is 11.5 Å². The van der Waals surface area contributed by atoms with E-state index >= 15 is 0 Å². The van der Waals surface area contributed by atoms with Gasteiger partial charge in [0.1, 0.15) is 35.1 Å². The van der Waals surface area contributed by atoms with Crippen LogP contribution in [0.2, 0.25) is 0 Å². The van der Waals surface area contributed by atoms with Crippen LogP contribution >= 0.6 is 0 Å². The zero-order valence-corrected chi connectivity index (χ0v) is 13.4. The molecule has 0 bridgehead atoms. The molecule has 6 nitrogen and oxygen atoms in total. The van der Waals surface area contributed by atoms with E-state index in [1.54, 1.807) is 24.3 Å². The Morgan fingerprint density at radius 2 is 0.962 bits per heavy atom. The fraction of sp³-hybridized carbons (Fsp3) is 0. The number of nitriles is 2. The first-order chi connectivity index (χ1) is 12.6. The molecule has 3 aromatic carbocycles. The Kier molecular flexibility index (Phi) is 4.60. The second kappa shape index (κ2) is 7.16. The number of nitrogens with zero attached hydrogens (tertiary/aromatic N) is 2. The van der Waals surface area contributed by atoms with E-state index in [1.807, 2.05) is 12.1 Å². The molecule has 0 aliphatic carbocycles. The molecule has 2 N–H and O–H groups in total. The Balaban J connectivity index is 2.02. The molecule has 0 radical (unpaired) electrons. The van der Waals surface area contributed by atoms with E-state index < -0.39 is 0 Å². The molecular weight excluding hydrogens is 332 g/mol. The maximum Gasteiger partial charge on any atom is 0.171 e. The molecule has 6 heteroatoms. The average Bonchev–Trinajstić information content (AvgIpc) is 2.66. The van der Waals surface area contributed by atoms with Gasteiger partial charge in [-0.15, -0.1) is 0 Å². The summed E-state index contributed by atoms with van der Waals surface area (Å²) >= 11 is 0. The summed E-state index contributed by atoms with van der Waals surface area (Å²) in [5, 5.41) is 37.2. The maximum absolute atomic E-state index is 9.37. The molecule has 0 amide bonds. The van der Waals surface area contributed by atoms with Gasteiger partial charge < -0.3 is 19.7 Å². The number of aromatic hydroxyl groups is 2. The van der Waals surface area contributed by atoms with Crippen molar-refractivity contribution in [1.29, 1.82) is 10.5 Å². The summed E-state index contributed by atoms with van der Waals surface area (Å²) in [6, 6.07) is 18.8. The van der Waals surface area contributed by atoms with Crippen molar-refractivity contribution in [3.05, 3.63) is 71.8 Å². The summed E-state index contributed by atoms with van der Waals surface area (Å²) in [6.45, 7) is 0. The van der Waals surface area contributed by atoms with Gasteiger partial charge in [0.15, 0.2) is 11.5 Å². The molecule has 3 rings (SSSR count). The molecule has 0 spiro atoms. The van der Waals surface area contributed by atoms with Crippen molar-refractivity contribution in [3.63, 3.8) is 0 Å². The lowest BCUT2D eigenvalue weighted by molar-refractivity contribution is 0.416. The van der Waals surface area contributed by atoms with Crippen LogP contribution in [-0.2, 0) is 0 Å². The number of ether oxygens (including phenoxy) is 2. The molecule has 0 heterocycles. The van der Waals surface area contributed by atoms with Crippen LogP contribution in [0.3, 0.4) is 0 Å². The predicted octanol–water partition coefficient (Wildman–Crippen LogP) is 4.43. The first kappa shape index (κ1) is 16.7. The van der Waals surface area contributed by atoms with E-state index in [-0.39, 0.29) is 34.1 Å². The molecule has 0 fully saturated rings. The Labute approximate surface area is 149 Å². The van der Waals surface area contributed by atoms with Crippen molar-refractivity contribution in [2.75, 3.05) is 0 Å². The van der Waals surface area contributed by atoms with Crippen molar-refractivity contribution >= 4 is 0 Å². The van der Waals surface area contributed by atoms with Gasteiger partial charge in [-0.3, -0.25) is 0 Å². The lowest BCUT2D eigenvalue weighted by Gasteiger charge is -2.13. The van der Waals surface area contributed by atoms with Crippen molar-refractivity contribution in [1.82, 2.24) is 0 Å². The van der Waals surface area contributed by atoms with Crippen LogP contribution in [0.4, 0.5) is 0 Å². The molecule has 0 atom stereocenters. The minimum Gasteiger partial charge on any atom is -0.508 e. The van der Waals surface area contributed by atoms with Gasteiger partial charge in [-0.1, -0.05) is 0 Å². The van der Waals surface area contributed by atoms with E-state index in [9.17, 15) is 20.7 Å². The number of phenols is 2. The van der Waals surface area contributed by atoms with E-state index in [1.165, 1.54) is 36.4 Å². The van der Waals surface area contributed by atoms with Gasteiger partial charge >= 0.3 is 0 Å². The number of phenolic OH excluding ortho intramolecular Hbond substituents is 2. The van der Waals surface area contributed by atoms with Crippen molar-refractivity contribution in [2.45, 2.75) is 0 Å². The molecule has 0 aliphatic heterocycles. The van der Waals surface area contributed by atoms with Crippen LogP contribution in [0.25, 0.3) is 0 Å². The first-order valence-electron chi connectivity index (χ1n) is 7.51. The highest BCUT2D eigenvalue weighted by atomic mass is 16.5. The zero-order valence-electron chi connectivity index (χ0n) is 13.4. The van der Waals surface area contributed by atoms with Gasteiger partial charge in [-0.25, -0.2) is 0 Å². The zero-order chi connectivity index (χ0) is 18.5. The average molecular weight is 344 g/mol. The molecule has 26 heavy (non-hydrogen) atoms. The Morgan fingerprint density at radius 1 is 0.615 bits per heavy atom. The second-order valence-corrected chi connectivity index (χ2v) is 5.26. The van der Waals surface area contributed by atoms with Crippen LogP contribution in [0.5, 0.6) is 34.5 Å². The van der Waals surface area contributed by atoms with Crippen LogP contribution in [0.1, 0.15) is 11.1 Å². The van der Waals surface area contributed by atoms with Crippen LogP contribution in [0.15, 0.2) is 60.7 Å². The van der Waals surface area contributed by atoms with E-state index in [2.05, 4.69) is 0 Å². The van der Waals surface area contributed by atoms with Gasteiger partial charge in [-0.2, -0.15) is 10.5 Å². The number of rotatable bonds is 4. The van der Waals surface area contributed by atoms with Gasteiger partial charge in [0.25, 0.3) is 0 Å². The molecule has 0 aliphatic rings. The van der Waals surface area contributed by atoms with Crippen molar-refractivity contribution in [3.8, 4) is 46.6 Å². The van der Waals surface area contributed by atoms with Crippen molar-refractivity contribution in [2.24, 2.45) is 0 Å². The van der Waals surface area contributed by atoms with Gasteiger partial charge in [0, 0.05) is 12.1 Å². The standard InChI is InChI=1S/C20H12N2O4/c21-11-13-9-19(25-17-5-1-15(23)2-6-17)20(10-14(13)12-22)26-18-7-3-16(24)4-8-18/h1-10,23-24H. The van der Waals surface area contributed by atoms with Gasteiger partial charge in [0.05, 0.1) is 11.1 Å². The molecular formula is C20H12N2O4. The molecule has 0 aromatic heterocycles. The third-order valence-corrected chi connectivity index (χ3v) is 3.45. The minimum atomic E-state index is 0.0930. The summed E-state index contributed by atoms with van der Waals surface area (Å²) in [5.41, 5.74) is 0.304. The summed E-state index contributed by atoms with van der Waals surface area (Å²) in [4.78, 5) is 0. The van der Waals surface area contributed by atoms with Gasteiger partial charge in [0.2, 0.25) is 0 Å². The number of benzene rings is 3. The normalized spacial score (nSPS) is 9.77. The smallest absolute Gasteiger partial charge is 0.171 e. The Hall–Kier alpha value is -4.16. The molecule has 0 saturated carbocycles. The SMILES string of the molecule is N#Cc1cc(Oc2ccc(O)cc2)c(Oc2ccc(O)cc2)cc1C#N. The maximum atomic E-state index is 9.37. The highest BCUT2D eigenvalue weighted by Crippen LogP contribution is 2.37. The summed E-state index contributed by atoms with van der Waals surface area (Å²) in [7, 11) is 0. The largest absolute Gasteiger partial charge is 0.508 e. The third-order valence-electron chi connectivity index (χ3n) is 3.45. The lowest BCUT2D eigenvalue weighted by atomic mass is 10.1. The quantitative estimate of drug-likeness (QED) is 0.725. The van der Waals surface area contributed by atoms with E-state index in [0.717, 1.165) is 0 Å². The number of hydrogen-bond acceptors (Lipinski definition) is 6. The highest BCUT2D eigenvalue weighted by Gasteiger charge is 2.14. The summed E-state index contributed by atoms with van der Waals surface area (Å²) < 4.78 is 11.5. The fourth-order valence-corrected chi connectivity index (χ4v) is 2.19. The van der Waals surface area contributed by atoms with Crippen molar-refractivity contribution < 1.29 is 19.7 Å². The fourth-order valence-electron chi connectivity index (χ4n) is 2.19. The predicted molar refractivity (Wildman–Crippen MR) is 92.2 cm³/mol. The lowest BCUT2D eigenvalue weighted by Crippen LogP contribution is -1.94. The third kappa shape index (κ3) is 3.66. The summed E-state index contributed by atoms with van der Waals surface area (Å²) in [5.74, 6) is 1.50. The van der Waals surface area contributed by atoms with Crippen LogP contribution < -0.4 is 9.47 Å².